The summed E-state index contributed by atoms with van der Waals surface area (Å²) in [6, 6.07) is 8.35. The number of hydrogen-bond acceptors (Lipinski definition) is 3. The molecule has 0 saturated heterocycles. The molecule has 4 heteroatoms. The fourth-order valence-electron chi connectivity index (χ4n) is 2.14. The van der Waals surface area contributed by atoms with E-state index in [0.717, 1.165) is 25.1 Å². The number of rotatable bonds is 6. The fourth-order valence-corrected chi connectivity index (χ4v) is 2.14. The molecular formula is C17H25N3O. The molecule has 0 radical (unpaired) electrons. The maximum atomic E-state index is 8.89. The highest BCUT2D eigenvalue weighted by molar-refractivity contribution is 5.46. The van der Waals surface area contributed by atoms with Crippen LogP contribution in [-0.2, 0) is 18.5 Å². The van der Waals surface area contributed by atoms with Crippen LogP contribution in [0.15, 0.2) is 36.7 Å². The zero-order chi connectivity index (χ0) is 15.3. The summed E-state index contributed by atoms with van der Waals surface area (Å²) in [7, 11) is 0. The Balaban J connectivity index is 1.95. The molecule has 0 spiro atoms. The molecule has 2 aromatic rings. The molecule has 4 nitrogen and oxygen atoms in total. The summed E-state index contributed by atoms with van der Waals surface area (Å²) in [5.41, 5.74) is 3.54. The van der Waals surface area contributed by atoms with Gasteiger partial charge < -0.3 is 10.4 Å². The van der Waals surface area contributed by atoms with Gasteiger partial charge in [0.1, 0.15) is 0 Å². The Morgan fingerprint density at radius 1 is 1.24 bits per heavy atom. The zero-order valence-electron chi connectivity index (χ0n) is 13.1. The van der Waals surface area contributed by atoms with E-state index < -0.39 is 0 Å². The standard InChI is InChI=1S/C17H25N3O/c1-17(2,3)20-13-15(12-19-20)11-18-16-8-4-6-14(10-16)7-5-9-21/h4,6,8,10,12-13,18,21H,5,7,9,11H2,1-3H3. The van der Waals surface area contributed by atoms with Gasteiger partial charge in [-0.3, -0.25) is 4.68 Å². The molecule has 21 heavy (non-hydrogen) atoms. The van der Waals surface area contributed by atoms with Crippen LogP contribution in [0.4, 0.5) is 5.69 Å². The van der Waals surface area contributed by atoms with Crippen molar-refractivity contribution in [2.45, 2.75) is 45.7 Å². The van der Waals surface area contributed by atoms with E-state index in [0.29, 0.717) is 0 Å². The van der Waals surface area contributed by atoms with Crippen molar-refractivity contribution in [1.82, 2.24) is 9.78 Å². The lowest BCUT2D eigenvalue weighted by Crippen LogP contribution is -2.21. The summed E-state index contributed by atoms with van der Waals surface area (Å²) in [5.74, 6) is 0. The van der Waals surface area contributed by atoms with Gasteiger partial charge in [-0.1, -0.05) is 12.1 Å². The lowest BCUT2D eigenvalue weighted by molar-refractivity contribution is 0.288. The van der Waals surface area contributed by atoms with Gasteiger partial charge in [0.15, 0.2) is 0 Å². The van der Waals surface area contributed by atoms with Gasteiger partial charge in [0.25, 0.3) is 0 Å². The van der Waals surface area contributed by atoms with Gasteiger partial charge in [0, 0.05) is 30.6 Å². The predicted octanol–water partition coefficient (Wildman–Crippen LogP) is 3.18. The first kappa shape index (κ1) is 15.6. The number of nitrogens with zero attached hydrogens (tertiary/aromatic N) is 2. The second kappa shape index (κ2) is 6.76. The molecule has 0 aliphatic rings. The van der Waals surface area contributed by atoms with Crippen molar-refractivity contribution in [3.8, 4) is 0 Å². The van der Waals surface area contributed by atoms with Crippen LogP contribution in [0, 0.1) is 0 Å². The van der Waals surface area contributed by atoms with E-state index in [1.807, 2.05) is 16.9 Å². The van der Waals surface area contributed by atoms with Crippen LogP contribution >= 0.6 is 0 Å². The quantitative estimate of drug-likeness (QED) is 0.858. The average Bonchev–Trinajstić information content (AvgIpc) is 2.92. The highest BCUT2D eigenvalue weighted by atomic mass is 16.2. The van der Waals surface area contributed by atoms with Crippen LogP contribution in [0.5, 0.6) is 0 Å². The number of aliphatic hydroxyl groups excluding tert-OH is 1. The fraction of sp³-hybridized carbons (Fsp3) is 0.471. The minimum Gasteiger partial charge on any atom is -0.396 e. The summed E-state index contributed by atoms with van der Waals surface area (Å²) in [4.78, 5) is 0. The minimum atomic E-state index is 0.0163. The van der Waals surface area contributed by atoms with Crippen molar-refractivity contribution < 1.29 is 5.11 Å². The SMILES string of the molecule is CC(C)(C)n1cc(CNc2cccc(CCCO)c2)cn1. The van der Waals surface area contributed by atoms with Gasteiger partial charge in [-0.15, -0.1) is 0 Å². The molecule has 2 N–H and O–H groups in total. The van der Waals surface area contributed by atoms with E-state index in [9.17, 15) is 0 Å². The van der Waals surface area contributed by atoms with Gasteiger partial charge in [0.2, 0.25) is 0 Å². The van der Waals surface area contributed by atoms with Crippen LogP contribution in [0.3, 0.4) is 0 Å². The normalized spacial score (nSPS) is 11.6. The molecule has 2 rings (SSSR count). The van der Waals surface area contributed by atoms with E-state index in [1.165, 1.54) is 11.1 Å². The Hall–Kier alpha value is -1.81. The third-order valence-electron chi connectivity index (χ3n) is 3.37. The summed E-state index contributed by atoms with van der Waals surface area (Å²) in [5, 5.41) is 16.7. The summed E-state index contributed by atoms with van der Waals surface area (Å²) in [6.07, 6.45) is 5.71. The van der Waals surface area contributed by atoms with E-state index >= 15 is 0 Å². The Bertz CT molecular complexity index is 569. The highest BCUT2D eigenvalue weighted by Gasteiger charge is 2.13. The van der Waals surface area contributed by atoms with E-state index in [2.05, 4.69) is 55.6 Å². The van der Waals surface area contributed by atoms with Gasteiger partial charge in [0.05, 0.1) is 11.7 Å². The third-order valence-corrected chi connectivity index (χ3v) is 3.37. The molecule has 0 saturated carbocycles. The second-order valence-corrected chi connectivity index (χ2v) is 6.35. The van der Waals surface area contributed by atoms with Crippen molar-refractivity contribution in [3.63, 3.8) is 0 Å². The van der Waals surface area contributed by atoms with Gasteiger partial charge >= 0.3 is 0 Å². The molecule has 0 unspecified atom stereocenters. The topological polar surface area (TPSA) is 50.1 Å². The molecule has 0 atom stereocenters. The molecule has 0 aliphatic carbocycles. The highest BCUT2D eigenvalue weighted by Crippen LogP contribution is 2.16. The largest absolute Gasteiger partial charge is 0.396 e. The van der Waals surface area contributed by atoms with Crippen molar-refractivity contribution in [2.24, 2.45) is 0 Å². The van der Waals surface area contributed by atoms with Gasteiger partial charge in [-0.25, -0.2) is 0 Å². The summed E-state index contributed by atoms with van der Waals surface area (Å²) < 4.78 is 1.99. The zero-order valence-corrected chi connectivity index (χ0v) is 13.1. The predicted molar refractivity (Wildman–Crippen MR) is 86.4 cm³/mol. The maximum Gasteiger partial charge on any atom is 0.0543 e. The van der Waals surface area contributed by atoms with Crippen LogP contribution in [0.2, 0.25) is 0 Å². The lowest BCUT2D eigenvalue weighted by atomic mass is 10.1. The Kier molecular flexibility index (Phi) is 5.02. The molecule has 0 fully saturated rings. The monoisotopic (exact) mass is 287 g/mol. The van der Waals surface area contributed by atoms with Crippen LogP contribution in [0.25, 0.3) is 0 Å². The van der Waals surface area contributed by atoms with Crippen LogP contribution < -0.4 is 5.32 Å². The Labute approximate surface area is 126 Å². The maximum absolute atomic E-state index is 8.89. The number of anilines is 1. The Morgan fingerprint density at radius 2 is 2.05 bits per heavy atom. The molecular weight excluding hydrogens is 262 g/mol. The third kappa shape index (κ3) is 4.60. The molecule has 0 aliphatic heterocycles. The number of aliphatic hydroxyl groups is 1. The summed E-state index contributed by atoms with van der Waals surface area (Å²) in [6.45, 7) is 7.43. The van der Waals surface area contributed by atoms with E-state index in [1.54, 1.807) is 0 Å². The van der Waals surface area contributed by atoms with Crippen LogP contribution in [0.1, 0.15) is 38.3 Å². The number of benzene rings is 1. The first-order chi connectivity index (χ1) is 9.99. The molecule has 114 valence electrons. The molecule has 0 bridgehead atoms. The number of aromatic nitrogens is 2. The van der Waals surface area contributed by atoms with Crippen molar-refractivity contribution in [3.05, 3.63) is 47.8 Å². The molecule has 0 amide bonds. The van der Waals surface area contributed by atoms with Crippen molar-refractivity contribution in [1.29, 1.82) is 0 Å². The first-order valence-electron chi connectivity index (χ1n) is 7.47. The number of aryl methyl sites for hydroxylation is 1. The number of nitrogens with one attached hydrogen (secondary N) is 1. The first-order valence-corrected chi connectivity index (χ1v) is 7.47. The minimum absolute atomic E-state index is 0.0163. The molecule has 1 aromatic heterocycles. The second-order valence-electron chi connectivity index (χ2n) is 6.35. The molecule has 1 heterocycles. The lowest BCUT2D eigenvalue weighted by Gasteiger charge is -2.18. The van der Waals surface area contributed by atoms with Crippen molar-refractivity contribution >= 4 is 5.69 Å². The number of hydrogen-bond donors (Lipinski definition) is 2. The van der Waals surface area contributed by atoms with E-state index in [4.69, 9.17) is 5.11 Å². The van der Waals surface area contributed by atoms with Crippen molar-refractivity contribution in [2.75, 3.05) is 11.9 Å². The Morgan fingerprint density at radius 3 is 2.71 bits per heavy atom. The van der Waals surface area contributed by atoms with Gasteiger partial charge in [-0.05, 0) is 51.3 Å². The smallest absolute Gasteiger partial charge is 0.0543 e. The summed E-state index contributed by atoms with van der Waals surface area (Å²) >= 11 is 0. The van der Waals surface area contributed by atoms with Crippen LogP contribution in [-0.4, -0.2) is 21.5 Å². The van der Waals surface area contributed by atoms with E-state index in [-0.39, 0.29) is 12.1 Å². The average molecular weight is 287 g/mol. The van der Waals surface area contributed by atoms with Gasteiger partial charge in [-0.2, -0.15) is 5.10 Å². The molecule has 1 aromatic carbocycles.